The average Bonchev–Trinajstić information content (AvgIpc) is 2.37. The molecule has 1 aromatic carbocycles. The largest absolute Gasteiger partial charge is 0.469 e. The van der Waals surface area contributed by atoms with Gasteiger partial charge in [-0.15, -0.1) is 0 Å². The van der Waals surface area contributed by atoms with Crippen molar-refractivity contribution in [2.24, 2.45) is 0 Å². The quantitative estimate of drug-likeness (QED) is 0.486. The van der Waals surface area contributed by atoms with E-state index in [4.69, 9.17) is 12.2 Å². The van der Waals surface area contributed by atoms with Crippen molar-refractivity contribution in [3.63, 3.8) is 0 Å². The third kappa shape index (κ3) is 5.14. The van der Waals surface area contributed by atoms with E-state index >= 15 is 0 Å². The molecule has 1 rings (SSSR count). The van der Waals surface area contributed by atoms with Crippen molar-refractivity contribution in [3.8, 4) is 0 Å². The Morgan fingerprint density at radius 1 is 1.39 bits per heavy atom. The molecule has 0 aliphatic carbocycles. The molecule has 2 N–H and O–H groups in total. The molecule has 4 nitrogen and oxygen atoms in total. The van der Waals surface area contributed by atoms with Gasteiger partial charge in [0.25, 0.3) is 0 Å². The highest BCUT2D eigenvalue weighted by Crippen LogP contribution is 2.12. The number of carbonyl (C=O) groups excluding carboxylic acids is 1. The Kier molecular flexibility index (Phi) is 6.14. The lowest BCUT2D eigenvalue weighted by Gasteiger charge is -2.11. The number of ether oxygens (including phenoxy) is 1. The van der Waals surface area contributed by atoms with Gasteiger partial charge in [0.1, 0.15) is 0 Å². The van der Waals surface area contributed by atoms with Crippen LogP contribution in [0, 0.1) is 6.92 Å². The van der Waals surface area contributed by atoms with Crippen molar-refractivity contribution in [2.45, 2.75) is 19.8 Å². The van der Waals surface area contributed by atoms with E-state index in [9.17, 15) is 4.79 Å². The molecular weight excluding hydrogens is 248 g/mol. The van der Waals surface area contributed by atoms with Crippen LogP contribution in [0.4, 0.5) is 5.69 Å². The van der Waals surface area contributed by atoms with E-state index in [1.165, 1.54) is 7.11 Å². The summed E-state index contributed by atoms with van der Waals surface area (Å²) in [5.41, 5.74) is 2.12. The molecule has 0 radical (unpaired) electrons. The van der Waals surface area contributed by atoms with Crippen molar-refractivity contribution in [2.75, 3.05) is 19.0 Å². The molecule has 0 atom stereocenters. The smallest absolute Gasteiger partial charge is 0.305 e. The average molecular weight is 266 g/mol. The Morgan fingerprint density at radius 3 is 2.78 bits per heavy atom. The fraction of sp³-hybridized carbons (Fsp3) is 0.385. The molecule has 0 spiro atoms. The zero-order chi connectivity index (χ0) is 13.4. The molecule has 0 aliphatic heterocycles. The summed E-state index contributed by atoms with van der Waals surface area (Å²) in [6.45, 7) is 2.66. The van der Waals surface area contributed by atoms with Crippen molar-refractivity contribution < 1.29 is 9.53 Å². The SMILES string of the molecule is COC(=O)CCCNC(=S)Nc1ccccc1C. The Morgan fingerprint density at radius 2 is 2.11 bits per heavy atom. The van der Waals surface area contributed by atoms with Crippen LogP contribution in [0.3, 0.4) is 0 Å². The number of methoxy groups -OCH3 is 1. The lowest BCUT2D eigenvalue weighted by Crippen LogP contribution is -2.29. The number of benzene rings is 1. The molecule has 0 fully saturated rings. The van der Waals surface area contributed by atoms with Crippen LogP contribution in [0.25, 0.3) is 0 Å². The summed E-state index contributed by atoms with van der Waals surface area (Å²) in [7, 11) is 1.39. The third-order valence-corrected chi connectivity index (χ3v) is 2.71. The topological polar surface area (TPSA) is 50.4 Å². The first-order chi connectivity index (χ1) is 8.63. The standard InChI is InChI=1S/C13H18N2O2S/c1-10-6-3-4-7-11(10)15-13(18)14-9-5-8-12(16)17-2/h3-4,6-7H,5,8-9H2,1-2H3,(H2,14,15,18). The van der Waals surface area contributed by atoms with Crippen LogP contribution in [0.5, 0.6) is 0 Å². The summed E-state index contributed by atoms with van der Waals surface area (Å²) >= 11 is 5.16. The Bertz CT molecular complexity index is 421. The van der Waals surface area contributed by atoms with Gasteiger partial charge in [0.15, 0.2) is 5.11 Å². The fourth-order valence-corrected chi connectivity index (χ4v) is 1.63. The maximum Gasteiger partial charge on any atom is 0.305 e. The molecule has 0 aliphatic rings. The molecule has 5 heteroatoms. The lowest BCUT2D eigenvalue weighted by atomic mass is 10.2. The first-order valence-corrected chi connectivity index (χ1v) is 6.21. The lowest BCUT2D eigenvalue weighted by molar-refractivity contribution is -0.140. The van der Waals surface area contributed by atoms with Gasteiger partial charge in [0.2, 0.25) is 0 Å². The monoisotopic (exact) mass is 266 g/mol. The summed E-state index contributed by atoms with van der Waals surface area (Å²) in [6.07, 6.45) is 1.10. The van der Waals surface area contributed by atoms with Gasteiger partial charge in [0.05, 0.1) is 7.11 Å². The van der Waals surface area contributed by atoms with Crippen molar-refractivity contribution in [3.05, 3.63) is 29.8 Å². The first kappa shape index (κ1) is 14.4. The van der Waals surface area contributed by atoms with E-state index < -0.39 is 0 Å². The van der Waals surface area contributed by atoms with Gasteiger partial charge in [-0.05, 0) is 37.2 Å². The number of carbonyl (C=O) groups is 1. The van der Waals surface area contributed by atoms with Crippen LogP contribution in [-0.2, 0) is 9.53 Å². The number of hydrogen-bond donors (Lipinski definition) is 2. The highest BCUT2D eigenvalue weighted by Gasteiger charge is 2.01. The number of aryl methyl sites for hydroxylation is 1. The van der Waals surface area contributed by atoms with E-state index in [0.29, 0.717) is 24.5 Å². The van der Waals surface area contributed by atoms with Gasteiger partial charge in [-0.2, -0.15) is 0 Å². The maximum atomic E-state index is 10.9. The Labute approximate surface area is 113 Å². The number of esters is 1. The van der Waals surface area contributed by atoms with E-state index in [1.807, 2.05) is 31.2 Å². The minimum absolute atomic E-state index is 0.199. The van der Waals surface area contributed by atoms with Gasteiger partial charge in [-0.1, -0.05) is 18.2 Å². The normalized spacial score (nSPS) is 9.67. The van der Waals surface area contributed by atoms with Gasteiger partial charge < -0.3 is 15.4 Å². The Hall–Kier alpha value is -1.62. The highest BCUT2D eigenvalue weighted by atomic mass is 32.1. The molecule has 98 valence electrons. The molecule has 1 aromatic rings. The van der Waals surface area contributed by atoms with Crippen molar-refractivity contribution >= 4 is 29.0 Å². The number of thiocarbonyl (C=S) groups is 1. The molecule has 0 bridgehead atoms. The third-order valence-electron chi connectivity index (χ3n) is 2.46. The molecule has 0 aromatic heterocycles. The summed E-state index contributed by atoms with van der Waals surface area (Å²) in [6, 6.07) is 7.92. The van der Waals surface area contributed by atoms with Gasteiger partial charge in [-0.3, -0.25) is 4.79 Å². The van der Waals surface area contributed by atoms with Crippen LogP contribution >= 0.6 is 12.2 Å². The zero-order valence-electron chi connectivity index (χ0n) is 10.7. The second-order valence-corrected chi connectivity index (χ2v) is 4.28. The maximum absolute atomic E-state index is 10.9. The van der Waals surface area contributed by atoms with Crippen LogP contribution in [0.1, 0.15) is 18.4 Å². The van der Waals surface area contributed by atoms with Gasteiger partial charge in [0, 0.05) is 18.7 Å². The van der Waals surface area contributed by atoms with Crippen LogP contribution in [0.15, 0.2) is 24.3 Å². The van der Waals surface area contributed by atoms with E-state index in [1.54, 1.807) is 0 Å². The minimum Gasteiger partial charge on any atom is -0.469 e. The van der Waals surface area contributed by atoms with E-state index in [-0.39, 0.29) is 5.97 Å². The second kappa shape index (κ2) is 7.66. The predicted molar refractivity (Wildman–Crippen MR) is 76.7 cm³/mol. The molecule has 0 saturated heterocycles. The number of rotatable bonds is 5. The highest BCUT2D eigenvalue weighted by molar-refractivity contribution is 7.80. The van der Waals surface area contributed by atoms with Crippen molar-refractivity contribution in [1.29, 1.82) is 0 Å². The number of para-hydroxylation sites is 1. The molecule has 18 heavy (non-hydrogen) atoms. The number of nitrogens with one attached hydrogen (secondary N) is 2. The molecule has 0 saturated carbocycles. The van der Waals surface area contributed by atoms with E-state index in [2.05, 4.69) is 15.4 Å². The number of hydrogen-bond acceptors (Lipinski definition) is 3. The molecule has 0 heterocycles. The van der Waals surface area contributed by atoms with E-state index in [0.717, 1.165) is 11.3 Å². The van der Waals surface area contributed by atoms with Crippen molar-refractivity contribution in [1.82, 2.24) is 5.32 Å². The summed E-state index contributed by atoms with van der Waals surface area (Å²) < 4.78 is 4.55. The summed E-state index contributed by atoms with van der Waals surface area (Å²) in [4.78, 5) is 10.9. The number of anilines is 1. The first-order valence-electron chi connectivity index (χ1n) is 5.81. The minimum atomic E-state index is -0.199. The molecule has 0 amide bonds. The van der Waals surface area contributed by atoms with Crippen LogP contribution in [0.2, 0.25) is 0 Å². The van der Waals surface area contributed by atoms with Crippen LogP contribution < -0.4 is 10.6 Å². The molecular formula is C13H18N2O2S. The zero-order valence-corrected chi connectivity index (χ0v) is 11.5. The second-order valence-electron chi connectivity index (χ2n) is 3.88. The summed E-state index contributed by atoms with van der Waals surface area (Å²) in [5, 5.41) is 6.73. The Balaban J connectivity index is 2.26. The predicted octanol–water partition coefficient (Wildman–Crippen LogP) is 2.23. The fourth-order valence-electron chi connectivity index (χ4n) is 1.42. The van der Waals surface area contributed by atoms with Gasteiger partial charge >= 0.3 is 5.97 Å². The molecule has 0 unspecified atom stereocenters. The summed E-state index contributed by atoms with van der Waals surface area (Å²) in [5.74, 6) is -0.199. The van der Waals surface area contributed by atoms with Crippen LogP contribution in [-0.4, -0.2) is 24.7 Å². The van der Waals surface area contributed by atoms with Gasteiger partial charge in [-0.25, -0.2) is 0 Å².